The van der Waals surface area contributed by atoms with Crippen molar-refractivity contribution in [1.29, 1.82) is 0 Å². The number of Topliss-reactive ketones (excluding diaryl/α,β-unsaturated/α-hetero) is 1. The van der Waals surface area contributed by atoms with Crippen molar-refractivity contribution in [2.45, 2.75) is 32.9 Å². The first-order valence-electron chi connectivity index (χ1n) is 7.95. The Labute approximate surface area is 138 Å². The zero-order chi connectivity index (χ0) is 17.6. The molecule has 0 aliphatic carbocycles. The minimum Gasteiger partial charge on any atom is -0.291 e. The molecule has 0 spiro atoms. The molecule has 0 unspecified atom stereocenters. The monoisotopic (exact) mass is 340 g/mol. The van der Waals surface area contributed by atoms with E-state index in [1.165, 1.54) is 4.90 Å². The summed E-state index contributed by atoms with van der Waals surface area (Å²) < 4.78 is 38.9. The van der Waals surface area contributed by atoms with Crippen LogP contribution in [0, 0.1) is 19.8 Å². The van der Waals surface area contributed by atoms with Crippen LogP contribution in [0.1, 0.15) is 34.3 Å². The average Bonchev–Trinajstić information content (AvgIpc) is 2.72. The van der Waals surface area contributed by atoms with Gasteiger partial charge in [-0.15, -0.1) is 0 Å². The first-order valence-corrected chi connectivity index (χ1v) is 7.95. The number of anilines is 1. The van der Waals surface area contributed by atoms with E-state index in [0.717, 1.165) is 11.1 Å². The molecule has 1 aromatic rings. The molecule has 1 saturated heterocycles. The summed E-state index contributed by atoms with van der Waals surface area (Å²) >= 11 is 0. The van der Waals surface area contributed by atoms with Gasteiger partial charge in [-0.3, -0.25) is 19.4 Å². The molecule has 24 heavy (non-hydrogen) atoms. The second-order valence-electron chi connectivity index (χ2n) is 6.64. The Morgan fingerprint density at radius 2 is 1.92 bits per heavy atom. The van der Waals surface area contributed by atoms with E-state index in [9.17, 15) is 22.8 Å². The number of hydrogen-bond donors (Lipinski definition) is 0. The van der Waals surface area contributed by atoms with Gasteiger partial charge in [0.15, 0.2) is 0 Å². The van der Waals surface area contributed by atoms with E-state index in [-0.39, 0.29) is 19.6 Å². The molecule has 2 heterocycles. The maximum atomic E-state index is 13.0. The Bertz CT molecular complexity index is 700. The summed E-state index contributed by atoms with van der Waals surface area (Å²) in [5, 5.41) is 0. The van der Waals surface area contributed by atoms with Gasteiger partial charge in [0.05, 0.1) is 23.8 Å². The van der Waals surface area contributed by atoms with Crippen LogP contribution in [0.3, 0.4) is 0 Å². The van der Waals surface area contributed by atoms with Gasteiger partial charge in [0.1, 0.15) is 0 Å². The number of piperidine rings is 1. The number of benzene rings is 1. The lowest BCUT2D eigenvalue weighted by atomic mass is 9.98. The molecule has 130 valence electrons. The van der Waals surface area contributed by atoms with Crippen molar-refractivity contribution in [2.24, 2.45) is 5.92 Å². The SMILES string of the molecule is Cc1cc(C)c2c(c1)N(CN1CCC[C@H](C(F)(F)F)C1)C(=O)C2=O. The van der Waals surface area contributed by atoms with Crippen LogP contribution >= 0.6 is 0 Å². The zero-order valence-corrected chi connectivity index (χ0v) is 13.6. The molecule has 0 N–H and O–H groups in total. The van der Waals surface area contributed by atoms with Gasteiger partial charge in [-0.05, 0) is 50.4 Å². The molecule has 3 rings (SSSR count). The molecule has 0 saturated carbocycles. The standard InChI is InChI=1S/C17H19F3N2O2/c1-10-6-11(2)14-13(7-10)22(16(24)15(14)23)9-21-5-3-4-12(8-21)17(18,19)20/h6-7,12H,3-5,8-9H2,1-2H3/t12-/m0/s1. The number of aryl methyl sites for hydroxylation is 2. The zero-order valence-electron chi connectivity index (χ0n) is 13.6. The van der Waals surface area contributed by atoms with Crippen molar-refractivity contribution in [1.82, 2.24) is 4.90 Å². The van der Waals surface area contributed by atoms with Crippen LogP contribution < -0.4 is 4.90 Å². The molecular weight excluding hydrogens is 321 g/mol. The van der Waals surface area contributed by atoms with Crippen molar-refractivity contribution < 1.29 is 22.8 Å². The number of halogens is 3. The molecule has 0 aromatic heterocycles. The summed E-state index contributed by atoms with van der Waals surface area (Å²) in [6, 6.07) is 3.57. The highest BCUT2D eigenvalue weighted by molar-refractivity contribution is 6.52. The summed E-state index contributed by atoms with van der Waals surface area (Å²) in [6.45, 7) is 4.00. The molecular formula is C17H19F3N2O2. The van der Waals surface area contributed by atoms with E-state index in [0.29, 0.717) is 24.2 Å². The Balaban J connectivity index is 1.84. The lowest BCUT2D eigenvalue weighted by Gasteiger charge is -2.35. The number of likely N-dealkylation sites (tertiary alicyclic amines) is 1. The second-order valence-corrected chi connectivity index (χ2v) is 6.64. The normalized spacial score (nSPS) is 22.2. The van der Waals surface area contributed by atoms with Crippen LogP contribution in [0.2, 0.25) is 0 Å². The first-order chi connectivity index (χ1) is 11.2. The maximum absolute atomic E-state index is 13.0. The van der Waals surface area contributed by atoms with Gasteiger partial charge in [0, 0.05) is 6.54 Å². The van der Waals surface area contributed by atoms with Crippen molar-refractivity contribution in [3.8, 4) is 0 Å². The summed E-state index contributed by atoms with van der Waals surface area (Å²) in [5.74, 6) is -2.61. The van der Waals surface area contributed by atoms with Gasteiger partial charge in [0.25, 0.3) is 5.78 Å². The number of alkyl halides is 3. The molecule has 4 nitrogen and oxygen atoms in total. The Kier molecular flexibility index (Phi) is 4.15. The highest BCUT2D eigenvalue weighted by Gasteiger charge is 2.43. The van der Waals surface area contributed by atoms with Gasteiger partial charge in [-0.2, -0.15) is 13.2 Å². The molecule has 2 aliphatic heterocycles. The van der Waals surface area contributed by atoms with E-state index >= 15 is 0 Å². The largest absolute Gasteiger partial charge is 0.393 e. The van der Waals surface area contributed by atoms with Crippen molar-refractivity contribution in [3.63, 3.8) is 0 Å². The van der Waals surface area contributed by atoms with Crippen molar-refractivity contribution in [2.75, 3.05) is 24.7 Å². The number of rotatable bonds is 2. The van der Waals surface area contributed by atoms with Crippen LogP contribution in [-0.2, 0) is 4.79 Å². The topological polar surface area (TPSA) is 40.6 Å². The molecule has 1 aromatic carbocycles. The number of nitrogens with zero attached hydrogens (tertiary/aromatic N) is 2. The van der Waals surface area contributed by atoms with E-state index < -0.39 is 23.8 Å². The Morgan fingerprint density at radius 3 is 2.58 bits per heavy atom. The van der Waals surface area contributed by atoms with Crippen LogP contribution in [0.5, 0.6) is 0 Å². The predicted octanol–water partition coefficient (Wildman–Crippen LogP) is 3.06. The minimum absolute atomic E-state index is 0.0209. The van der Waals surface area contributed by atoms with Gasteiger partial charge >= 0.3 is 12.1 Å². The highest BCUT2D eigenvalue weighted by atomic mass is 19.4. The number of fused-ring (bicyclic) bond motifs is 1. The number of carbonyl (C=O) groups excluding carboxylic acids is 2. The number of ketones is 1. The quantitative estimate of drug-likeness (QED) is 0.777. The molecule has 1 atom stereocenters. The molecule has 1 fully saturated rings. The molecule has 7 heteroatoms. The van der Waals surface area contributed by atoms with Crippen LogP contribution in [-0.4, -0.2) is 42.5 Å². The fourth-order valence-electron chi connectivity index (χ4n) is 3.58. The van der Waals surface area contributed by atoms with Gasteiger partial charge in [0.2, 0.25) is 0 Å². The minimum atomic E-state index is -4.23. The summed E-state index contributed by atoms with van der Waals surface area (Å²) in [5.41, 5.74) is 2.51. The summed E-state index contributed by atoms with van der Waals surface area (Å²) in [7, 11) is 0. The summed E-state index contributed by atoms with van der Waals surface area (Å²) in [6.07, 6.45) is -3.68. The fourth-order valence-corrected chi connectivity index (χ4v) is 3.58. The van der Waals surface area contributed by atoms with Crippen LogP contribution in [0.25, 0.3) is 0 Å². The summed E-state index contributed by atoms with van der Waals surface area (Å²) in [4.78, 5) is 27.4. The fraction of sp³-hybridized carbons (Fsp3) is 0.529. The van der Waals surface area contributed by atoms with Gasteiger partial charge in [-0.25, -0.2) is 0 Å². The van der Waals surface area contributed by atoms with Crippen LogP contribution in [0.4, 0.5) is 18.9 Å². The third-order valence-corrected chi connectivity index (χ3v) is 4.73. The molecule has 0 bridgehead atoms. The van der Waals surface area contributed by atoms with E-state index in [4.69, 9.17) is 0 Å². The predicted molar refractivity (Wildman–Crippen MR) is 83.0 cm³/mol. The van der Waals surface area contributed by atoms with Crippen molar-refractivity contribution >= 4 is 17.4 Å². The number of carbonyl (C=O) groups is 2. The maximum Gasteiger partial charge on any atom is 0.393 e. The molecule has 0 radical (unpaired) electrons. The van der Waals surface area contributed by atoms with Crippen LogP contribution in [0.15, 0.2) is 12.1 Å². The lowest BCUT2D eigenvalue weighted by Crippen LogP contribution is -2.48. The number of amides is 1. The first kappa shape index (κ1) is 17.0. The smallest absolute Gasteiger partial charge is 0.291 e. The van der Waals surface area contributed by atoms with Crippen molar-refractivity contribution in [3.05, 3.63) is 28.8 Å². The van der Waals surface area contributed by atoms with Gasteiger partial charge in [-0.1, -0.05) is 6.07 Å². The molecule has 2 aliphatic rings. The highest BCUT2D eigenvalue weighted by Crippen LogP contribution is 2.35. The van der Waals surface area contributed by atoms with E-state index in [1.54, 1.807) is 17.9 Å². The third kappa shape index (κ3) is 2.92. The Morgan fingerprint density at radius 1 is 1.21 bits per heavy atom. The van der Waals surface area contributed by atoms with E-state index in [1.807, 2.05) is 13.0 Å². The molecule has 1 amide bonds. The lowest BCUT2D eigenvalue weighted by molar-refractivity contribution is -0.186. The average molecular weight is 340 g/mol. The van der Waals surface area contributed by atoms with E-state index in [2.05, 4.69) is 0 Å². The second kappa shape index (κ2) is 5.88. The van der Waals surface area contributed by atoms with Gasteiger partial charge < -0.3 is 0 Å². The number of hydrogen-bond acceptors (Lipinski definition) is 3. The third-order valence-electron chi connectivity index (χ3n) is 4.73. The Hall–Kier alpha value is -1.89.